The van der Waals surface area contributed by atoms with E-state index < -0.39 is 28.7 Å². The van der Waals surface area contributed by atoms with Gasteiger partial charge in [-0.1, -0.05) is 0 Å². The fraction of sp³-hybridized carbons (Fsp3) is 0.500. The van der Waals surface area contributed by atoms with Crippen molar-refractivity contribution < 1.29 is 14.7 Å². The van der Waals surface area contributed by atoms with Gasteiger partial charge in [-0.3, -0.25) is 23.5 Å². The third kappa shape index (κ3) is 4.08. The van der Waals surface area contributed by atoms with Crippen LogP contribution in [0.25, 0.3) is 0 Å². The molecular weight excluding hydrogens is 266 g/mol. The lowest BCUT2D eigenvalue weighted by Gasteiger charge is -2.24. The van der Waals surface area contributed by atoms with Crippen molar-refractivity contribution in [1.82, 2.24) is 14.5 Å². The molecule has 8 heteroatoms. The van der Waals surface area contributed by atoms with Gasteiger partial charge in [0.2, 0.25) is 5.91 Å². The Labute approximate surface area is 114 Å². The van der Waals surface area contributed by atoms with Crippen LogP contribution >= 0.6 is 0 Å². The third-order valence-electron chi connectivity index (χ3n) is 2.65. The normalized spacial score (nSPS) is 11.2. The molecule has 0 atom stereocenters. The van der Waals surface area contributed by atoms with Crippen molar-refractivity contribution in [3.63, 3.8) is 0 Å². The number of carboxylic acids is 1. The molecule has 2 N–H and O–H groups in total. The molecule has 20 heavy (non-hydrogen) atoms. The van der Waals surface area contributed by atoms with Gasteiger partial charge in [-0.05, 0) is 13.8 Å². The Hall–Kier alpha value is -2.38. The number of aromatic nitrogens is 2. The number of hydrogen-bond acceptors (Lipinski definition) is 4. The second-order valence-corrected chi connectivity index (χ2v) is 5.13. The Morgan fingerprint density at radius 1 is 1.35 bits per heavy atom. The first-order valence-corrected chi connectivity index (χ1v) is 5.92. The smallest absolute Gasteiger partial charge is 0.331 e. The summed E-state index contributed by atoms with van der Waals surface area (Å²) < 4.78 is 1.96. The molecule has 0 aliphatic carbocycles. The fourth-order valence-corrected chi connectivity index (χ4v) is 1.73. The standard InChI is InChI=1S/C12H17N3O5/c1-12(2,6-10(18)19)13-8(16)7-15-5-4-9(17)14(3)11(15)20/h4-5H,6-7H2,1-3H3,(H,13,16)(H,18,19). The second-order valence-electron chi connectivity index (χ2n) is 5.13. The molecule has 0 saturated heterocycles. The zero-order valence-corrected chi connectivity index (χ0v) is 11.5. The Bertz CT molecular complexity index is 641. The first-order chi connectivity index (χ1) is 9.12. The van der Waals surface area contributed by atoms with Crippen molar-refractivity contribution in [2.24, 2.45) is 7.05 Å². The van der Waals surface area contributed by atoms with Crippen LogP contribution in [-0.4, -0.2) is 31.7 Å². The summed E-state index contributed by atoms with van der Waals surface area (Å²) in [6.45, 7) is 2.86. The van der Waals surface area contributed by atoms with E-state index >= 15 is 0 Å². The Morgan fingerprint density at radius 2 is 1.95 bits per heavy atom. The summed E-state index contributed by atoms with van der Waals surface area (Å²) in [5, 5.41) is 11.2. The minimum Gasteiger partial charge on any atom is -0.481 e. The zero-order chi connectivity index (χ0) is 15.5. The lowest BCUT2D eigenvalue weighted by Crippen LogP contribution is -2.48. The van der Waals surface area contributed by atoms with E-state index in [2.05, 4.69) is 5.32 Å². The molecule has 1 aromatic heterocycles. The first-order valence-electron chi connectivity index (χ1n) is 5.92. The topological polar surface area (TPSA) is 110 Å². The Morgan fingerprint density at radius 3 is 2.50 bits per heavy atom. The van der Waals surface area contributed by atoms with E-state index in [1.807, 2.05) is 0 Å². The van der Waals surface area contributed by atoms with Gasteiger partial charge in [0.05, 0.1) is 6.42 Å². The molecule has 0 spiro atoms. The van der Waals surface area contributed by atoms with Crippen LogP contribution < -0.4 is 16.6 Å². The Balaban J connectivity index is 2.82. The van der Waals surface area contributed by atoms with Crippen LogP contribution in [0.3, 0.4) is 0 Å². The molecule has 1 rings (SSSR count). The number of carbonyl (C=O) groups excluding carboxylic acids is 1. The molecule has 8 nitrogen and oxygen atoms in total. The summed E-state index contributed by atoms with van der Waals surface area (Å²) >= 11 is 0. The number of nitrogens with one attached hydrogen (secondary N) is 1. The van der Waals surface area contributed by atoms with Gasteiger partial charge in [-0.2, -0.15) is 0 Å². The number of aliphatic carboxylic acids is 1. The molecule has 1 aromatic rings. The Kier molecular flexibility index (Phi) is 4.49. The highest BCUT2D eigenvalue weighted by Crippen LogP contribution is 2.07. The van der Waals surface area contributed by atoms with Crippen LogP contribution in [0, 0.1) is 0 Å². The van der Waals surface area contributed by atoms with E-state index in [9.17, 15) is 19.2 Å². The average Bonchev–Trinajstić information content (AvgIpc) is 2.27. The number of carboxylic acid groups (broad SMARTS) is 1. The predicted molar refractivity (Wildman–Crippen MR) is 70.4 cm³/mol. The summed E-state index contributed by atoms with van der Waals surface area (Å²) in [4.78, 5) is 45.4. The highest BCUT2D eigenvalue weighted by atomic mass is 16.4. The number of amides is 1. The summed E-state index contributed by atoms with van der Waals surface area (Å²) in [6, 6.07) is 1.18. The highest BCUT2D eigenvalue weighted by Gasteiger charge is 2.24. The molecule has 1 heterocycles. The molecule has 0 saturated carbocycles. The van der Waals surface area contributed by atoms with Crippen molar-refractivity contribution in [2.75, 3.05) is 0 Å². The van der Waals surface area contributed by atoms with E-state index in [0.29, 0.717) is 0 Å². The second kappa shape index (κ2) is 5.72. The van der Waals surface area contributed by atoms with E-state index in [1.165, 1.54) is 19.3 Å². The zero-order valence-electron chi connectivity index (χ0n) is 11.5. The molecule has 0 unspecified atom stereocenters. The number of nitrogens with zero attached hydrogens (tertiary/aromatic N) is 2. The van der Waals surface area contributed by atoms with Gasteiger partial charge in [0, 0.05) is 24.8 Å². The monoisotopic (exact) mass is 283 g/mol. The molecule has 110 valence electrons. The summed E-state index contributed by atoms with van der Waals surface area (Å²) in [5.74, 6) is -1.54. The predicted octanol–water partition coefficient (Wildman–Crippen LogP) is -1.08. The maximum atomic E-state index is 11.8. The average molecular weight is 283 g/mol. The van der Waals surface area contributed by atoms with Crippen LogP contribution in [0.15, 0.2) is 21.9 Å². The van der Waals surface area contributed by atoms with Gasteiger partial charge in [-0.25, -0.2) is 4.79 Å². The van der Waals surface area contributed by atoms with Crippen molar-refractivity contribution in [3.05, 3.63) is 33.1 Å². The molecule has 0 fully saturated rings. The van der Waals surface area contributed by atoms with Crippen LogP contribution in [0.2, 0.25) is 0 Å². The summed E-state index contributed by atoms with van der Waals surface area (Å²) in [5.41, 5.74) is -1.99. The van der Waals surface area contributed by atoms with E-state index in [0.717, 1.165) is 9.13 Å². The third-order valence-corrected chi connectivity index (χ3v) is 2.65. The van der Waals surface area contributed by atoms with E-state index in [4.69, 9.17) is 5.11 Å². The molecule has 0 bridgehead atoms. The number of carbonyl (C=O) groups is 2. The minimum absolute atomic E-state index is 0.235. The number of rotatable bonds is 5. The lowest BCUT2D eigenvalue weighted by molar-refractivity contribution is -0.138. The van der Waals surface area contributed by atoms with Crippen molar-refractivity contribution in [1.29, 1.82) is 0 Å². The van der Waals surface area contributed by atoms with E-state index in [1.54, 1.807) is 13.8 Å². The number of hydrogen-bond donors (Lipinski definition) is 2. The maximum Gasteiger partial charge on any atom is 0.331 e. The van der Waals surface area contributed by atoms with Crippen molar-refractivity contribution in [3.8, 4) is 0 Å². The maximum absolute atomic E-state index is 11.8. The fourth-order valence-electron chi connectivity index (χ4n) is 1.73. The van der Waals surface area contributed by atoms with Crippen molar-refractivity contribution in [2.45, 2.75) is 32.4 Å². The molecule has 0 aliphatic rings. The van der Waals surface area contributed by atoms with Gasteiger partial charge < -0.3 is 10.4 Å². The van der Waals surface area contributed by atoms with Gasteiger partial charge in [0.1, 0.15) is 6.54 Å². The van der Waals surface area contributed by atoms with Crippen LogP contribution in [-0.2, 0) is 23.2 Å². The lowest BCUT2D eigenvalue weighted by atomic mass is 10.0. The molecule has 0 aromatic carbocycles. The quantitative estimate of drug-likeness (QED) is 0.714. The van der Waals surface area contributed by atoms with Gasteiger partial charge >= 0.3 is 11.7 Å². The highest BCUT2D eigenvalue weighted by molar-refractivity contribution is 5.78. The largest absolute Gasteiger partial charge is 0.481 e. The van der Waals surface area contributed by atoms with Crippen LogP contribution in [0.1, 0.15) is 20.3 Å². The van der Waals surface area contributed by atoms with Crippen LogP contribution in [0.5, 0.6) is 0 Å². The summed E-state index contributed by atoms with van der Waals surface area (Å²) in [7, 11) is 1.31. The SMILES string of the molecule is Cn1c(=O)ccn(CC(=O)NC(C)(C)CC(=O)O)c1=O. The first kappa shape index (κ1) is 15.7. The van der Waals surface area contributed by atoms with Gasteiger partial charge in [0.25, 0.3) is 5.56 Å². The van der Waals surface area contributed by atoms with Crippen molar-refractivity contribution >= 4 is 11.9 Å². The van der Waals surface area contributed by atoms with Crippen LogP contribution in [0.4, 0.5) is 0 Å². The minimum atomic E-state index is -1.03. The molecular formula is C12H17N3O5. The molecule has 1 amide bonds. The molecule has 0 radical (unpaired) electrons. The van der Waals surface area contributed by atoms with Gasteiger partial charge in [0.15, 0.2) is 0 Å². The van der Waals surface area contributed by atoms with E-state index in [-0.39, 0.29) is 13.0 Å². The van der Waals surface area contributed by atoms with Gasteiger partial charge in [-0.15, -0.1) is 0 Å². The summed E-state index contributed by atoms with van der Waals surface area (Å²) in [6.07, 6.45) is 0.995. The molecule has 0 aliphatic heterocycles.